The number of nitrogens with zero attached hydrogens (tertiary/aromatic N) is 1. The molecule has 134 valence electrons. The number of aryl methyl sites for hydroxylation is 1. The van der Waals surface area contributed by atoms with Crippen LogP contribution in [0.4, 0.5) is 0 Å². The Labute approximate surface area is 163 Å². The smallest absolute Gasteiger partial charge is 0.144 e. The number of hydrogen-bond donors (Lipinski definition) is 0. The second-order valence-electron chi connectivity index (χ2n) is 7.58. The van der Waals surface area contributed by atoms with Crippen molar-refractivity contribution in [2.45, 2.75) is 13.3 Å². The lowest BCUT2D eigenvalue weighted by Crippen LogP contribution is -2.14. The molecule has 1 aromatic heterocycles. The Kier molecular flexibility index (Phi) is 3.24. The molecule has 2 nitrogen and oxygen atoms in total. The van der Waals surface area contributed by atoms with Crippen LogP contribution >= 0.6 is 0 Å². The number of hydrogen-bond acceptors (Lipinski definition) is 2. The fraction of sp³-hybridized carbons (Fsp3) is 0.115. The Morgan fingerprint density at radius 1 is 0.786 bits per heavy atom. The molecule has 0 fully saturated rings. The summed E-state index contributed by atoms with van der Waals surface area (Å²) in [6.07, 6.45) is 0.981. The fourth-order valence-corrected chi connectivity index (χ4v) is 4.53. The summed E-state index contributed by atoms with van der Waals surface area (Å²) in [7, 11) is 0. The second kappa shape index (κ2) is 5.80. The third-order valence-corrected chi connectivity index (χ3v) is 5.83. The van der Waals surface area contributed by atoms with Gasteiger partial charge < -0.3 is 4.42 Å². The average Bonchev–Trinajstić information content (AvgIpc) is 3.12. The van der Waals surface area contributed by atoms with E-state index in [1.54, 1.807) is 0 Å². The molecule has 4 aromatic carbocycles. The summed E-state index contributed by atoms with van der Waals surface area (Å²) in [5.41, 5.74) is 7.92. The molecule has 0 saturated carbocycles. The van der Waals surface area contributed by atoms with Gasteiger partial charge >= 0.3 is 0 Å². The average molecular weight is 361 g/mol. The Bertz CT molecular complexity index is 1420. The molecule has 5 aromatic rings. The predicted octanol–water partition coefficient (Wildman–Crippen LogP) is 6.44. The Morgan fingerprint density at radius 3 is 2.64 bits per heavy atom. The van der Waals surface area contributed by atoms with Crippen LogP contribution < -0.4 is 0 Å². The van der Waals surface area contributed by atoms with Crippen molar-refractivity contribution in [2.24, 2.45) is 4.99 Å². The maximum atomic E-state index is 6.27. The largest absolute Gasteiger partial charge is 0.455 e. The maximum absolute atomic E-state index is 6.27. The third kappa shape index (κ3) is 2.18. The molecule has 1 aliphatic heterocycles. The normalized spacial score (nSPS) is 13.8. The van der Waals surface area contributed by atoms with Crippen LogP contribution in [0.25, 0.3) is 32.7 Å². The van der Waals surface area contributed by atoms with E-state index in [-0.39, 0.29) is 0 Å². The first-order chi connectivity index (χ1) is 13.8. The molecule has 1 aliphatic rings. The first kappa shape index (κ1) is 15.6. The van der Waals surface area contributed by atoms with Crippen LogP contribution in [0.2, 0.25) is 0 Å². The van der Waals surface area contributed by atoms with Crippen molar-refractivity contribution in [1.82, 2.24) is 0 Å². The van der Waals surface area contributed by atoms with Gasteiger partial charge in [-0.1, -0.05) is 66.2 Å². The van der Waals surface area contributed by atoms with E-state index in [9.17, 15) is 0 Å². The molecular formula is C26H19NO. The Morgan fingerprint density at radius 2 is 1.68 bits per heavy atom. The Hall–Kier alpha value is -3.39. The molecule has 0 spiro atoms. The van der Waals surface area contributed by atoms with E-state index >= 15 is 0 Å². The quantitative estimate of drug-likeness (QED) is 0.337. The summed E-state index contributed by atoms with van der Waals surface area (Å²) in [5.74, 6) is 0. The minimum Gasteiger partial charge on any atom is -0.455 e. The summed E-state index contributed by atoms with van der Waals surface area (Å²) >= 11 is 0. The van der Waals surface area contributed by atoms with Crippen LogP contribution in [0.15, 0.2) is 82.2 Å². The van der Waals surface area contributed by atoms with Gasteiger partial charge in [-0.25, -0.2) is 0 Å². The number of furan rings is 1. The van der Waals surface area contributed by atoms with Crippen LogP contribution in [0.5, 0.6) is 0 Å². The van der Waals surface area contributed by atoms with Crippen LogP contribution in [-0.4, -0.2) is 12.3 Å². The number of benzene rings is 4. The van der Waals surface area contributed by atoms with E-state index in [0.29, 0.717) is 0 Å². The SMILES string of the molecule is Cc1ccc2c3c(ccc2c1)C(c1cccc2c1oc1ccccc12)=NCC3. The molecule has 0 amide bonds. The van der Waals surface area contributed by atoms with E-state index in [4.69, 9.17) is 9.41 Å². The van der Waals surface area contributed by atoms with Crippen LogP contribution in [0, 0.1) is 6.92 Å². The van der Waals surface area contributed by atoms with E-state index in [1.807, 2.05) is 12.1 Å². The van der Waals surface area contributed by atoms with Crippen molar-refractivity contribution >= 4 is 38.4 Å². The second-order valence-corrected chi connectivity index (χ2v) is 7.58. The van der Waals surface area contributed by atoms with Gasteiger partial charge in [0.2, 0.25) is 0 Å². The van der Waals surface area contributed by atoms with Gasteiger partial charge in [0.15, 0.2) is 0 Å². The predicted molar refractivity (Wildman–Crippen MR) is 117 cm³/mol. The van der Waals surface area contributed by atoms with E-state index in [1.165, 1.54) is 27.5 Å². The van der Waals surface area contributed by atoms with Gasteiger partial charge in [0.25, 0.3) is 0 Å². The lowest BCUT2D eigenvalue weighted by molar-refractivity contribution is 0.668. The lowest BCUT2D eigenvalue weighted by atomic mass is 9.88. The Balaban J connectivity index is 1.63. The van der Waals surface area contributed by atoms with E-state index < -0.39 is 0 Å². The summed E-state index contributed by atoms with van der Waals surface area (Å²) in [6, 6.07) is 25.8. The molecule has 2 heteroatoms. The monoisotopic (exact) mass is 361 g/mol. The number of para-hydroxylation sites is 2. The van der Waals surface area contributed by atoms with Crippen molar-refractivity contribution < 1.29 is 4.42 Å². The molecule has 0 radical (unpaired) electrons. The molecule has 0 unspecified atom stereocenters. The topological polar surface area (TPSA) is 25.5 Å². The zero-order chi connectivity index (χ0) is 18.7. The molecule has 28 heavy (non-hydrogen) atoms. The van der Waals surface area contributed by atoms with Crippen molar-refractivity contribution in [2.75, 3.05) is 6.54 Å². The fourth-order valence-electron chi connectivity index (χ4n) is 4.53. The van der Waals surface area contributed by atoms with Crippen molar-refractivity contribution in [3.8, 4) is 0 Å². The molecule has 0 bridgehead atoms. The highest BCUT2D eigenvalue weighted by atomic mass is 16.3. The zero-order valence-electron chi connectivity index (χ0n) is 15.7. The highest BCUT2D eigenvalue weighted by Crippen LogP contribution is 2.34. The van der Waals surface area contributed by atoms with Gasteiger partial charge in [0.1, 0.15) is 11.2 Å². The van der Waals surface area contributed by atoms with Crippen molar-refractivity contribution in [1.29, 1.82) is 0 Å². The molecular weight excluding hydrogens is 342 g/mol. The lowest BCUT2D eigenvalue weighted by Gasteiger charge is -2.19. The third-order valence-electron chi connectivity index (χ3n) is 5.83. The van der Waals surface area contributed by atoms with Crippen LogP contribution in [-0.2, 0) is 6.42 Å². The van der Waals surface area contributed by atoms with Gasteiger partial charge in [0, 0.05) is 28.4 Å². The van der Waals surface area contributed by atoms with Gasteiger partial charge in [-0.15, -0.1) is 0 Å². The summed E-state index contributed by atoms with van der Waals surface area (Å²) < 4.78 is 6.27. The van der Waals surface area contributed by atoms with Gasteiger partial charge in [0.05, 0.1) is 5.71 Å². The highest BCUT2D eigenvalue weighted by Gasteiger charge is 2.21. The number of aliphatic imine (C=N–C) groups is 1. The first-order valence-electron chi connectivity index (χ1n) is 9.77. The highest BCUT2D eigenvalue weighted by molar-refractivity contribution is 6.23. The summed E-state index contributed by atoms with van der Waals surface area (Å²) in [4.78, 5) is 4.94. The molecule has 0 saturated heterocycles. The molecule has 2 heterocycles. The first-order valence-corrected chi connectivity index (χ1v) is 9.77. The van der Waals surface area contributed by atoms with E-state index in [0.717, 1.165) is 46.2 Å². The zero-order valence-corrected chi connectivity index (χ0v) is 15.7. The summed E-state index contributed by atoms with van der Waals surface area (Å²) in [5, 5.41) is 4.96. The molecule has 6 rings (SSSR count). The van der Waals surface area contributed by atoms with Crippen LogP contribution in [0.1, 0.15) is 22.3 Å². The minimum atomic E-state index is 0.811. The van der Waals surface area contributed by atoms with E-state index in [2.05, 4.69) is 67.6 Å². The van der Waals surface area contributed by atoms with Gasteiger partial charge in [-0.05, 0) is 41.8 Å². The van der Waals surface area contributed by atoms with Crippen molar-refractivity contribution in [3.63, 3.8) is 0 Å². The maximum Gasteiger partial charge on any atom is 0.144 e. The molecule has 0 atom stereocenters. The summed E-state index contributed by atoms with van der Waals surface area (Å²) in [6.45, 7) is 2.96. The molecule has 0 N–H and O–H groups in total. The number of fused-ring (bicyclic) bond motifs is 6. The molecule has 0 aliphatic carbocycles. The van der Waals surface area contributed by atoms with Crippen molar-refractivity contribution in [3.05, 3.63) is 95.1 Å². The van der Waals surface area contributed by atoms with Gasteiger partial charge in [-0.3, -0.25) is 4.99 Å². The number of rotatable bonds is 1. The standard InChI is InChI=1S/C26H19NO/c1-16-9-11-18-17(15-16)10-12-21-19(18)13-14-27-25(21)23-7-4-6-22-20-5-2-3-8-24(20)28-26(22)23/h2-12,15H,13-14H2,1H3. The minimum absolute atomic E-state index is 0.811. The van der Waals surface area contributed by atoms with Crippen LogP contribution in [0.3, 0.4) is 0 Å². The van der Waals surface area contributed by atoms with Gasteiger partial charge in [-0.2, -0.15) is 0 Å².